The van der Waals surface area contributed by atoms with Crippen LogP contribution >= 0.6 is 0 Å². The summed E-state index contributed by atoms with van der Waals surface area (Å²) in [5, 5.41) is 0. The second-order valence-corrected chi connectivity index (χ2v) is 5.13. The normalized spacial score (nSPS) is 16.5. The van der Waals surface area contributed by atoms with Gasteiger partial charge in [-0.05, 0) is 24.3 Å². The summed E-state index contributed by atoms with van der Waals surface area (Å²) in [6.45, 7) is 0. The van der Waals surface area contributed by atoms with Crippen molar-refractivity contribution in [3.63, 3.8) is 0 Å². The van der Waals surface area contributed by atoms with Crippen molar-refractivity contribution < 1.29 is 22.7 Å². The van der Waals surface area contributed by atoms with E-state index in [-0.39, 0.29) is 11.4 Å². The van der Waals surface area contributed by atoms with E-state index in [0.29, 0.717) is 5.75 Å². The third-order valence-electron chi connectivity index (χ3n) is 2.31. The van der Waals surface area contributed by atoms with Gasteiger partial charge in [-0.15, -0.1) is 0 Å². The van der Waals surface area contributed by atoms with Crippen LogP contribution in [0.2, 0.25) is 0 Å². The maximum absolute atomic E-state index is 11.7. The average molecular weight is 282 g/mol. The number of nitrogens with two attached hydrogens (primary N) is 1. The Balaban J connectivity index is 2.20. The first-order chi connectivity index (χ1) is 8.94. The van der Waals surface area contributed by atoms with E-state index in [4.69, 9.17) is 15.2 Å². The molecular weight excluding hydrogens is 272 g/mol. The number of hydrogen-bond donors (Lipinski definition) is 1. The van der Waals surface area contributed by atoms with E-state index in [1.807, 2.05) is 0 Å². The molecule has 2 rings (SSSR count). The monoisotopic (exact) mass is 282 g/mol. The van der Waals surface area contributed by atoms with Gasteiger partial charge in [0.25, 0.3) is 10.0 Å². The van der Waals surface area contributed by atoms with E-state index < -0.39 is 20.9 Å². The zero-order valence-electron chi connectivity index (χ0n) is 9.86. The van der Waals surface area contributed by atoms with Crippen LogP contribution in [0.3, 0.4) is 0 Å². The minimum Gasteiger partial charge on any atom is -0.497 e. The number of carbonyl (C=O) groups is 1. The van der Waals surface area contributed by atoms with Crippen molar-refractivity contribution in [2.75, 3.05) is 7.11 Å². The van der Waals surface area contributed by atoms with Gasteiger partial charge in [0.15, 0.2) is 4.91 Å². The maximum Gasteiger partial charge on any atom is 0.359 e. The molecule has 1 aromatic carbocycles. The molecule has 7 nitrogen and oxygen atoms in total. The fourth-order valence-corrected chi connectivity index (χ4v) is 2.37. The lowest BCUT2D eigenvalue weighted by Gasteiger charge is -2.05. The van der Waals surface area contributed by atoms with Gasteiger partial charge in [0.2, 0.25) is 0 Å². The highest BCUT2D eigenvalue weighted by Gasteiger charge is 2.33. The Morgan fingerprint density at radius 1 is 1.21 bits per heavy atom. The molecule has 0 aromatic heterocycles. The first-order valence-corrected chi connectivity index (χ1v) is 6.54. The molecule has 0 radical (unpaired) electrons. The Bertz CT molecular complexity index is 674. The Morgan fingerprint density at radius 2 is 1.79 bits per heavy atom. The summed E-state index contributed by atoms with van der Waals surface area (Å²) in [4.78, 5) is 11.1. The predicted octanol–water partition coefficient (Wildman–Crippen LogP) is 0.185. The molecule has 1 heterocycles. The number of rotatable bonds is 3. The van der Waals surface area contributed by atoms with Crippen molar-refractivity contribution in [1.29, 1.82) is 0 Å². The number of esters is 1. The van der Waals surface area contributed by atoms with Gasteiger partial charge < -0.3 is 15.2 Å². The molecule has 1 aromatic rings. The van der Waals surface area contributed by atoms with Crippen molar-refractivity contribution in [2.24, 2.45) is 10.1 Å². The predicted molar refractivity (Wildman–Crippen MR) is 67.3 cm³/mol. The Morgan fingerprint density at radius 3 is 2.26 bits per heavy atom. The number of allylic oxidation sites excluding steroid dienone is 1. The van der Waals surface area contributed by atoms with Crippen LogP contribution in [0.25, 0.3) is 0 Å². The van der Waals surface area contributed by atoms with Gasteiger partial charge in [-0.3, -0.25) is 0 Å². The molecule has 0 amide bonds. The largest absolute Gasteiger partial charge is 0.497 e. The van der Waals surface area contributed by atoms with Gasteiger partial charge in [0.1, 0.15) is 11.5 Å². The summed E-state index contributed by atoms with van der Waals surface area (Å²) in [5.74, 6) is -0.316. The van der Waals surface area contributed by atoms with Crippen LogP contribution in [0, 0.1) is 0 Å². The molecule has 2 N–H and O–H groups in total. The Hall–Kier alpha value is -2.35. The second-order valence-electron chi connectivity index (χ2n) is 3.56. The van der Waals surface area contributed by atoms with Gasteiger partial charge >= 0.3 is 5.97 Å². The number of sulfonamides is 1. The quantitative estimate of drug-likeness (QED) is 0.626. The minimum atomic E-state index is -4.04. The van der Waals surface area contributed by atoms with E-state index in [1.54, 1.807) is 12.1 Å². The van der Waals surface area contributed by atoms with Crippen molar-refractivity contribution in [3.05, 3.63) is 34.9 Å². The van der Waals surface area contributed by atoms with Crippen molar-refractivity contribution in [3.8, 4) is 11.5 Å². The summed E-state index contributed by atoms with van der Waals surface area (Å²) >= 11 is 0. The second kappa shape index (κ2) is 4.73. The van der Waals surface area contributed by atoms with Crippen LogP contribution < -0.4 is 15.2 Å². The van der Waals surface area contributed by atoms with Gasteiger partial charge in [0, 0.05) is 0 Å². The standard InChI is InChI=1S/C11H10N2O5S/c1-17-7-2-4-8(5-3-7)18-11(14)10-9(12)6-13-19(10,15)16/h2-6H,12H2,1H3. The van der Waals surface area contributed by atoms with Crippen LogP contribution in [-0.4, -0.2) is 27.7 Å². The average Bonchev–Trinajstić information content (AvgIpc) is 2.64. The molecule has 0 bridgehead atoms. The zero-order valence-corrected chi connectivity index (χ0v) is 10.7. The molecule has 0 spiro atoms. The van der Waals surface area contributed by atoms with E-state index in [0.717, 1.165) is 6.21 Å². The van der Waals surface area contributed by atoms with Crippen LogP contribution in [0.1, 0.15) is 0 Å². The lowest BCUT2D eigenvalue weighted by Crippen LogP contribution is -2.19. The molecular formula is C11H10N2O5S. The third kappa shape index (κ3) is 2.58. The molecule has 1 aliphatic rings. The molecule has 0 saturated carbocycles. The Kier molecular flexibility index (Phi) is 3.26. The van der Waals surface area contributed by atoms with Crippen LogP contribution in [-0.2, 0) is 14.8 Å². The number of benzene rings is 1. The number of carbonyl (C=O) groups excluding carboxylic acids is 1. The fraction of sp³-hybridized carbons (Fsp3) is 0.0909. The summed E-state index contributed by atoms with van der Waals surface area (Å²) in [6, 6.07) is 6.08. The Labute approximate surface area is 109 Å². The van der Waals surface area contributed by atoms with Crippen molar-refractivity contribution in [1.82, 2.24) is 0 Å². The molecule has 8 heteroatoms. The van der Waals surface area contributed by atoms with Crippen LogP contribution in [0.5, 0.6) is 11.5 Å². The van der Waals surface area contributed by atoms with E-state index in [9.17, 15) is 13.2 Å². The molecule has 0 aliphatic carbocycles. The summed E-state index contributed by atoms with van der Waals surface area (Å²) in [7, 11) is -2.55. The summed E-state index contributed by atoms with van der Waals surface area (Å²) in [6.07, 6.45) is 0.903. The van der Waals surface area contributed by atoms with Gasteiger partial charge in [-0.2, -0.15) is 12.8 Å². The number of nitrogens with zero attached hydrogens (tertiary/aromatic N) is 1. The molecule has 0 fully saturated rings. The number of methoxy groups -OCH3 is 1. The van der Waals surface area contributed by atoms with Gasteiger partial charge in [-0.25, -0.2) is 4.79 Å². The third-order valence-corrected chi connectivity index (χ3v) is 3.61. The van der Waals surface area contributed by atoms with Crippen LogP contribution in [0.4, 0.5) is 0 Å². The highest BCUT2D eigenvalue weighted by molar-refractivity contribution is 7.95. The lowest BCUT2D eigenvalue weighted by atomic mass is 10.3. The summed E-state index contributed by atoms with van der Waals surface area (Å²) in [5.41, 5.74) is 5.15. The minimum absolute atomic E-state index is 0.174. The molecule has 0 atom stereocenters. The molecule has 1 aliphatic heterocycles. The molecule has 0 saturated heterocycles. The van der Waals surface area contributed by atoms with E-state index in [1.165, 1.54) is 19.2 Å². The van der Waals surface area contributed by atoms with Gasteiger partial charge in [0.05, 0.1) is 19.0 Å². The molecule has 100 valence electrons. The summed E-state index contributed by atoms with van der Waals surface area (Å²) < 4.78 is 35.9. The van der Waals surface area contributed by atoms with E-state index in [2.05, 4.69) is 4.40 Å². The zero-order chi connectivity index (χ0) is 14.0. The first-order valence-electron chi connectivity index (χ1n) is 5.10. The molecule has 19 heavy (non-hydrogen) atoms. The number of hydrogen-bond acceptors (Lipinski definition) is 6. The number of ether oxygens (including phenoxy) is 2. The lowest BCUT2D eigenvalue weighted by molar-refractivity contribution is -0.129. The topological polar surface area (TPSA) is 108 Å². The smallest absolute Gasteiger partial charge is 0.359 e. The maximum atomic E-state index is 11.7. The highest BCUT2D eigenvalue weighted by atomic mass is 32.2. The van der Waals surface area contributed by atoms with Crippen molar-refractivity contribution in [2.45, 2.75) is 0 Å². The van der Waals surface area contributed by atoms with Crippen molar-refractivity contribution >= 4 is 22.2 Å². The fourth-order valence-electron chi connectivity index (χ4n) is 1.41. The van der Waals surface area contributed by atoms with E-state index >= 15 is 0 Å². The first kappa shape index (κ1) is 13.1. The molecule has 0 unspecified atom stereocenters. The van der Waals surface area contributed by atoms with Crippen LogP contribution in [0.15, 0.2) is 39.3 Å². The SMILES string of the molecule is COc1ccc(OC(=O)C2=C(N)C=NS2(=O)=O)cc1. The van der Waals surface area contributed by atoms with Gasteiger partial charge in [-0.1, -0.05) is 0 Å². The highest BCUT2D eigenvalue weighted by Crippen LogP contribution is 2.22.